The van der Waals surface area contributed by atoms with E-state index in [0.717, 1.165) is 19.3 Å². The van der Waals surface area contributed by atoms with Gasteiger partial charge in [-0.1, -0.05) is 28.4 Å². The minimum atomic E-state index is -0.193. The van der Waals surface area contributed by atoms with Crippen molar-refractivity contribution < 1.29 is 4.52 Å². The largest absolute Gasteiger partial charge is 0.339 e. The Hall–Kier alpha value is -1.17. The van der Waals surface area contributed by atoms with Gasteiger partial charge in [-0.25, -0.2) is 4.98 Å². The maximum atomic E-state index is 6.15. The molecule has 2 N–H and O–H groups in total. The molecule has 1 aliphatic rings. The van der Waals surface area contributed by atoms with Gasteiger partial charge < -0.3 is 10.3 Å². The highest BCUT2D eigenvalue weighted by Crippen LogP contribution is 2.32. The molecule has 0 radical (unpaired) electrons. The highest BCUT2D eigenvalue weighted by atomic mass is 35.5. The van der Waals surface area contributed by atoms with E-state index < -0.39 is 0 Å². The summed E-state index contributed by atoms with van der Waals surface area (Å²) in [5.41, 5.74) is 6.41. The van der Waals surface area contributed by atoms with Crippen molar-refractivity contribution >= 4 is 23.2 Å². The number of nitrogens with zero attached hydrogens (tertiary/aromatic N) is 3. The predicted molar refractivity (Wildman–Crippen MR) is 72.0 cm³/mol. The highest BCUT2D eigenvalue weighted by molar-refractivity contribution is 6.35. The Bertz CT molecular complexity index is 610. The van der Waals surface area contributed by atoms with Gasteiger partial charge in [0.2, 0.25) is 11.7 Å². The summed E-state index contributed by atoms with van der Waals surface area (Å²) in [6, 6.07) is 1.60. The molecule has 1 aliphatic carbocycles. The van der Waals surface area contributed by atoms with Crippen LogP contribution in [0.15, 0.2) is 16.8 Å². The summed E-state index contributed by atoms with van der Waals surface area (Å²) in [5, 5.41) is 4.75. The topological polar surface area (TPSA) is 77.8 Å². The first kappa shape index (κ1) is 12.8. The van der Waals surface area contributed by atoms with Gasteiger partial charge in [-0.3, -0.25) is 0 Å². The highest BCUT2D eigenvalue weighted by Gasteiger charge is 2.34. The first-order chi connectivity index (χ1) is 9.06. The Morgan fingerprint density at radius 3 is 2.79 bits per heavy atom. The van der Waals surface area contributed by atoms with E-state index in [1.807, 2.05) is 0 Å². The Morgan fingerprint density at radius 1 is 1.37 bits per heavy atom. The molecule has 0 unspecified atom stereocenters. The summed E-state index contributed by atoms with van der Waals surface area (Å²) in [4.78, 5) is 8.40. The van der Waals surface area contributed by atoms with Crippen LogP contribution in [0, 0.1) is 0 Å². The molecule has 5 nitrogen and oxygen atoms in total. The van der Waals surface area contributed by atoms with Crippen molar-refractivity contribution in [3.05, 3.63) is 28.2 Å². The number of aromatic nitrogens is 3. The summed E-state index contributed by atoms with van der Waals surface area (Å²) >= 11 is 11.8. The molecular formula is C12H12Cl2N4O. The van der Waals surface area contributed by atoms with Gasteiger partial charge in [0.1, 0.15) is 5.69 Å². The standard InChI is InChI=1S/C12H12Cl2N4O/c13-7-4-8(14)10(16-6-7)11-17-9(19-18-11)5-12(15)2-1-3-12/h4,6H,1-3,5,15H2. The van der Waals surface area contributed by atoms with Crippen molar-refractivity contribution in [1.82, 2.24) is 15.1 Å². The average molecular weight is 299 g/mol. The Labute approximate surface area is 120 Å². The van der Waals surface area contributed by atoms with Crippen LogP contribution in [0.4, 0.5) is 0 Å². The van der Waals surface area contributed by atoms with Crippen LogP contribution in [-0.2, 0) is 6.42 Å². The second-order valence-corrected chi connectivity index (χ2v) is 5.73. The first-order valence-corrected chi connectivity index (χ1v) is 6.74. The fourth-order valence-corrected chi connectivity index (χ4v) is 2.58. The second-order valence-electron chi connectivity index (χ2n) is 4.89. The van der Waals surface area contributed by atoms with Crippen LogP contribution < -0.4 is 5.73 Å². The molecule has 2 heterocycles. The van der Waals surface area contributed by atoms with E-state index in [4.69, 9.17) is 33.5 Å². The summed E-state index contributed by atoms with van der Waals surface area (Å²) in [6.45, 7) is 0. The summed E-state index contributed by atoms with van der Waals surface area (Å²) in [7, 11) is 0. The smallest absolute Gasteiger partial charge is 0.228 e. The SMILES string of the molecule is NC1(Cc2nc(-c3ncc(Cl)cc3Cl)no2)CCC1. The number of halogens is 2. The first-order valence-electron chi connectivity index (χ1n) is 5.99. The van der Waals surface area contributed by atoms with Crippen LogP contribution in [0.3, 0.4) is 0 Å². The van der Waals surface area contributed by atoms with E-state index in [0.29, 0.717) is 33.9 Å². The van der Waals surface area contributed by atoms with Gasteiger partial charge >= 0.3 is 0 Å². The molecule has 2 aromatic heterocycles. The van der Waals surface area contributed by atoms with Crippen molar-refractivity contribution in [3.8, 4) is 11.5 Å². The molecular weight excluding hydrogens is 287 g/mol. The molecule has 0 spiro atoms. The van der Waals surface area contributed by atoms with E-state index >= 15 is 0 Å². The van der Waals surface area contributed by atoms with Gasteiger partial charge in [0, 0.05) is 18.2 Å². The Morgan fingerprint density at radius 2 is 2.16 bits per heavy atom. The third kappa shape index (κ3) is 2.59. The maximum Gasteiger partial charge on any atom is 0.228 e. The third-order valence-electron chi connectivity index (χ3n) is 3.34. The van der Waals surface area contributed by atoms with Gasteiger partial charge in [0.25, 0.3) is 0 Å². The molecule has 0 aromatic carbocycles. The zero-order valence-electron chi connectivity index (χ0n) is 10.1. The van der Waals surface area contributed by atoms with Gasteiger partial charge in [-0.2, -0.15) is 4.98 Å². The van der Waals surface area contributed by atoms with Gasteiger partial charge in [-0.15, -0.1) is 0 Å². The number of hydrogen-bond donors (Lipinski definition) is 1. The minimum Gasteiger partial charge on any atom is -0.339 e. The third-order valence-corrected chi connectivity index (χ3v) is 3.84. The van der Waals surface area contributed by atoms with E-state index in [1.165, 1.54) is 6.20 Å². The van der Waals surface area contributed by atoms with Gasteiger partial charge in [0.15, 0.2) is 0 Å². The Kier molecular flexibility index (Phi) is 3.20. The van der Waals surface area contributed by atoms with E-state index in [1.54, 1.807) is 6.07 Å². The zero-order valence-corrected chi connectivity index (χ0v) is 11.6. The van der Waals surface area contributed by atoms with Gasteiger partial charge in [-0.05, 0) is 25.3 Å². The molecule has 2 aromatic rings. The van der Waals surface area contributed by atoms with Crippen LogP contribution >= 0.6 is 23.2 Å². The summed E-state index contributed by atoms with van der Waals surface area (Å²) in [6.07, 6.45) is 5.22. The molecule has 100 valence electrons. The second kappa shape index (κ2) is 4.74. The lowest BCUT2D eigenvalue weighted by Crippen LogP contribution is -2.48. The van der Waals surface area contributed by atoms with E-state index in [-0.39, 0.29) is 5.54 Å². The molecule has 0 saturated heterocycles. The van der Waals surface area contributed by atoms with Crippen molar-refractivity contribution in [3.63, 3.8) is 0 Å². The molecule has 0 bridgehead atoms. The lowest BCUT2D eigenvalue weighted by molar-refractivity contribution is 0.222. The molecule has 0 atom stereocenters. The molecule has 0 aliphatic heterocycles. The molecule has 1 saturated carbocycles. The maximum absolute atomic E-state index is 6.15. The molecule has 3 rings (SSSR count). The van der Waals surface area contributed by atoms with Crippen LogP contribution in [0.1, 0.15) is 25.2 Å². The van der Waals surface area contributed by atoms with Crippen LogP contribution in [-0.4, -0.2) is 20.7 Å². The predicted octanol–water partition coefficient (Wildman–Crippen LogP) is 2.86. The number of rotatable bonds is 3. The minimum absolute atomic E-state index is 0.193. The van der Waals surface area contributed by atoms with Crippen LogP contribution in [0.5, 0.6) is 0 Å². The average Bonchev–Trinajstić information content (AvgIpc) is 2.75. The molecule has 0 amide bonds. The van der Waals surface area contributed by atoms with Crippen LogP contribution in [0.2, 0.25) is 10.0 Å². The van der Waals surface area contributed by atoms with Crippen molar-refractivity contribution in [2.45, 2.75) is 31.2 Å². The summed E-state index contributed by atoms with van der Waals surface area (Å²) < 4.78 is 5.20. The van der Waals surface area contributed by atoms with Gasteiger partial charge in [0.05, 0.1) is 10.0 Å². The fraction of sp³-hybridized carbons (Fsp3) is 0.417. The summed E-state index contributed by atoms with van der Waals surface area (Å²) in [5.74, 6) is 0.879. The quantitative estimate of drug-likeness (QED) is 0.942. The lowest BCUT2D eigenvalue weighted by atomic mass is 9.75. The molecule has 7 heteroatoms. The number of pyridine rings is 1. The normalized spacial score (nSPS) is 17.2. The van der Waals surface area contributed by atoms with E-state index in [9.17, 15) is 0 Å². The lowest BCUT2D eigenvalue weighted by Gasteiger charge is -2.36. The number of hydrogen-bond acceptors (Lipinski definition) is 5. The zero-order chi connectivity index (χ0) is 13.5. The van der Waals surface area contributed by atoms with Crippen molar-refractivity contribution in [2.75, 3.05) is 0 Å². The fourth-order valence-electron chi connectivity index (χ4n) is 2.11. The number of nitrogens with two attached hydrogens (primary N) is 1. The van der Waals surface area contributed by atoms with Crippen molar-refractivity contribution in [2.24, 2.45) is 5.73 Å². The molecule has 1 fully saturated rings. The van der Waals surface area contributed by atoms with Crippen molar-refractivity contribution in [1.29, 1.82) is 0 Å². The van der Waals surface area contributed by atoms with Crippen LogP contribution in [0.25, 0.3) is 11.5 Å². The monoisotopic (exact) mass is 298 g/mol. The van der Waals surface area contributed by atoms with E-state index in [2.05, 4.69) is 15.1 Å². The molecule has 19 heavy (non-hydrogen) atoms. The Balaban J connectivity index is 1.84.